The summed E-state index contributed by atoms with van der Waals surface area (Å²) in [5.41, 5.74) is 6.72. The molecule has 8 nitrogen and oxygen atoms in total. The molecule has 1 unspecified atom stereocenters. The van der Waals surface area contributed by atoms with Crippen LogP contribution in [0.1, 0.15) is 28.2 Å². The number of aromatic amines is 1. The minimum absolute atomic E-state index is 0.0254. The highest BCUT2D eigenvalue weighted by Gasteiger charge is 2.18. The van der Waals surface area contributed by atoms with Crippen molar-refractivity contribution in [2.24, 2.45) is 5.73 Å². The van der Waals surface area contributed by atoms with Gasteiger partial charge in [0, 0.05) is 25.4 Å². The van der Waals surface area contributed by atoms with Crippen molar-refractivity contribution in [1.82, 2.24) is 25.4 Å². The molecule has 17 heavy (non-hydrogen) atoms. The van der Waals surface area contributed by atoms with Crippen molar-refractivity contribution in [2.75, 3.05) is 7.05 Å². The molecule has 0 radical (unpaired) electrons. The molecule has 8 heteroatoms. The van der Waals surface area contributed by atoms with E-state index >= 15 is 0 Å². The summed E-state index contributed by atoms with van der Waals surface area (Å²) >= 11 is 0. The molecule has 0 aliphatic carbocycles. The number of H-pyrrole nitrogens is 1. The number of amides is 1. The average molecular weight is 236 g/mol. The van der Waals surface area contributed by atoms with E-state index in [1.165, 1.54) is 7.05 Å². The van der Waals surface area contributed by atoms with Gasteiger partial charge >= 0.3 is 0 Å². The summed E-state index contributed by atoms with van der Waals surface area (Å²) in [4.78, 5) is 21.9. The van der Waals surface area contributed by atoms with Gasteiger partial charge in [0.1, 0.15) is 0 Å². The molecule has 0 aliphatic rings. The Kier molecular flexibility index (Phi) is 3.15. The topological polar surface area (TPSA) is 123 Å². The second-order valence-corrected chi connectivity index (χ2v) is 3.42. The highest BCUT2D eigenvalue weighted by atomic mass is 16.5. The van der Waals surface area contributed by atoms with Crippen molar-refractivity contribution in [3.05, 3.63) is 29.9 Å². The SMILES string of the molecule is CNC(=O)c1noc(C(N)Cc2cnc[nH]2)n1. The van der Waals surface area contributed by atoms with Gasteiger partial charge < -0.3 is 20.6 Å². The third kappa shape index (κ3) is 2.48. The van der Waals surface area contributed by atoms with Gasteiger partial charge in [-0.3, -0.25) is 4.79 Å². The van der Waals surface area contributed by atoms with Crippen LogP contribution in [0.4, 0.5) is 0 Å². The fourth-order valence-corrected chi connectivity index (χ4v) is 1.31. The van der Waals surface area contributed by atoms with Gasteiger partial charge in [-0.25, -0.2) is 4.98 Å². The Labute approximate surface area is 96.6 Å². The molecule has 2 aromatic rings. The van der Waals surface area contributed by atoms with Crippen LogP contribution in [0, 0.1) is 0 Å². The van der Waals surface area contributed by atoms with Crippen LogP contribution in [0.15, 0.2) is 17.0 Å². The summed E-state index contributed by atoms with van der Waals surface area (Å²) in [6.07, 6.45) is 3.71. The smallest absolute Gasteiger partial charge is 0.292 e. The summed E-state index contributed by atoms with van der Waals surface area (Å²) < 4.78 is 4.92. The summed E-state index contributed by atoms with van der Waals surface area (Å²) in [7, 11) is 1.49. The van der Waals surface area contributed by atoms with Crippen molar-refractivity contribution in [3.63, 3.8) is 0 Å². The lowest BCUT2D eigenvalue weighted by molar-refractivity contribution is 0.0950. The summed E-state index contributed by atoms with van der Waals surface area (Å²) in [5.74, 6) is -0.213. The van der Waals surface area contributed by atoms with Crippen LogP contribution in [0.2, 0.25) is 0 Å². The van der Waals surface area contributed by atoms with E-state index < -0.39 is 11.9 Å². The maximum absolute atomic E-state index is 11.2. The molecule has 0 saturated heterocycles. The Morgan fingerprint density at radius 2 is 2.53 bits per heavy atom. The highest BCUT2D eigenvalue weighted by molar-refractivity contribution is 5.89. The zero-order valence-electron chi connectivity index (χ0n) is 9.17. The Morgan fingerprint density at radius 1 is 1.71 bits per heavy atom. The molecule has 4 N–H and O–H groups in total. The van der Waals surface area contributed by atoms with Gasteiger partial charge in [-0.2, -0.15) is 4.98 Å². The molecule has 0 spiro atoms. The average Bonchev–Trinajstić information content (AvgIpc) is 2.98. The van der Waals surface area contributed by atoms with Crippen molar-refractivity contribution >= 4 is 5.91 Å². The van der Waals surface area contributed by atoms with E-state index in [0.717, 1.165) is 5.69 Å². The van der Waals surface area contributed by atoms with E-state index in [-0.39, 0.29) is 11.7 Å². The second-order valence-electron chi connectivity index (χ2n) is 3.42. The van der Waals surface area contributed by atoms with Gasteiger partial charge in [0.05, 0.1) is 12.4 Å². The molecular formula is C9H12N6O2. The molecule has 0 aromatic carbocycles. The van der Waals surface area contributed by atoms with Crippen molar-refractivity contribution in [3.8, 4) is 0 Å². The molecule has 0 bridgehead atoms. The molecule has 1 amide bonds. The van der Waals surface area contributed by atoms with Gasteiger partial charge in [-0.05, 0) is 0 Å². The Morgan fingerprint density at radius 3 is 3.18 bits per heavy atom. The molecule has 0 aliphatic heterocycles. The third-order valence-corrected chi connectivity index (χ3v) is 2.18. The number of hydrogen-bond acceptors (Lipinski definition) is 6. The lowest BCUT2D eigenvalue weighted by atomic mass is 10.2. The number of carbonyl (C=O) groups is 1. The van der Waals surface area contributed by atoms with Crippen molar-refractivity contribution in [1.29, 1.82) is 0 Å². The molecular weight excluding hydrogens is 224 g/mol. The fraction of sp³-hybridized carbons (Fsp3) is 0.333. The molecule has 0 saturated carbocycles. The van der Waals surface area contributed by atoms with E-state index in [0.29, 0.717) is 6.42 Å². The first-order valence-electron chi connectivity index (χ1n) is 4.99. The number of carbonyl (C=O) groups excluding carboxylic acids is 1. The van der Waals surface area contributed by atoms with Crippen LogP contribution in [0.25, 0.3) is 0 Å². The first-order chi connectivity index (χ1) is 8.20. The number of imidazole rings is 1. The maximum atomic E-state index is 11.2. The molecule has 1 atom stereocenters. The third-order valence-electron chi connectivity index (χ3n) is 2.18. The largest absolute Gasteiger partial charge is 0.352 e. The number of hydrogen-bond donors (Lipinski definition) is 3. The van der Waals surface area contributed by atoms with Crippen molar-refractivity contribution < 1.29 is 9.32 Å². The van der Waals surface area contributed by atoms with Crippen LogP contribution >= 0.6 is 0 Å². The normalized spacial score (nSPS) is 12.4. The standard InChI is InChI=1S/C9H12N6O2/c1-11-8(16)7-14-9(17-15-7)6(10)2-5-3-12-4-13-5/h3-4,6H,2,10H2,1H3,(H,11,16)(H,12,13). The van der Waals surface area contributed by atoms with Crippen LogP contribution in [0.3, 0.4) is 0 Å². The minimum Gasteiger partial charge on any atom is -0.352 e. The highest BCUT2D eigenvalue weighted by Crippen LogP contribution is 2.12. The van der Waals surface area contributed by atoms with E-state index in [1.807, 2.05) is 0 Å². The first kappa shape index (κ1) is 11.3. The van der Waals surface area contributed by atoms with Crippen LogP contribution in [-0.4, -0.2) is 33.1 Å². The minimum atomic E-state index is -0.471. The predicted molar refractivity (Wildman–Crippen MR) is 56.9 cm³/mol. The second kappa shape index (κ2) is 4.74. The van der Waals surface area contributed by atoms with Crippen LogP contribution in [-0.2, 0) is 6.42 Å². The monoisotopic (exact) mass is 236 g/mol. The zero-order chi connectivity index (χ0) is 12.3. The quantitative estimate of drug-likeness (QED) is 0.651. The van der Waals surface area contributed by atoms with E-state index in [4.69, 9.17) is 10.3 Å². The zero-order valence-corrected chi connectivity index (χ0v) is 9.17. The lowest BCUT2D eigenvalue weighted by Crippen LogP contribution is -2.20. The molecule has 2 rings (SSSR count). The number of rotatable bonds is 4. The summed E-state index contributed by atoms with van der Waals surface area (Å²) in [6, 6.07) is -0.471. The maximum Gasteiger partial charge on any atom is 0.292 e. The van der Waals surface area contributed by atoms with Crippen LogP contribution < -0.4 is 11.1 Å². The Bertz CT molecular complexity index is 491. The van der Waals surface area contributed by atoms with E-state index in [1.54, 1.807) is 12.5 Å². The summed E-state index contributed by atoms with van der Waals surface area (Å²) in [6.45, 7) is 0. The van der Waals surface area contributed by atoms with E-state index in [2.05, 4.69) is 25.4 Å². The molecule has 2 heterocycles. The predicted octanol–water partition coefficient (Wildman–Crippen LogP) is -0.605. The van der Waals surface area contributed by atoms with Gasteiger partial charge in [0.25, 0.3) is 11.7 Å². The van der Waals surface area contributed by atoms with E-state index in [9.17, 15) is 4.79 Å². The van der Waals surface area contributed by atoms with Crippen LogP contribution in [0.5, 0.6) is 0 Å². The summed E-state index contributed by atoms with van der Waals surface area (Å²) in [5, 5.41) is 5.93. The Hall–Kier alpha value is -2.22. The number of nitrogens with zero attached hydrogens (tertiary/aromatic N) is 3. The first-order valence-corrected chi connectivity index (χ1v) is 4.99. The van der Waals surface area contributed by atoms with Gasteiger partial charge in [0.2, 0.25) is 5.89 Å². The number of nitrogens with two attached hydrogens (primary N) is 1. The lowest BCUT2D eigenvalue weighted by Gasteiger charge is -2.03. The molecule has 0 fully saturated rings. The fourth-order valence-electron chi connectivity index (χ4n) is 1.31. The number of aromatic nitrogens is 4. The Balaban J connectivity index is 2.07. The van der Waals surface area contributed by atoms with Gasteiger partial charge in [-0.15, -0.1) is 0 Å². The van der Waals surface area contributed by atoms with Gasteiger partial charge in [-0.1, -0.05) is 5.16 Å². The number of nitrogens with one attached hydrogen (secondary N) is 2. The molecule has 90 valence electrons. The van der Waals surface area contributed by atoms with Crippen molar-refractivity contribution in [2.45, 2.75) is 12.5 Å². The van der Waals surface area contributed by atoms with Gasteiger partial charge in [0.15, 0.2) is 0 Å². The molecule has 2 aromatic heterocycles.